The van der Waals surface area contributed by atoms with E-state index in [0.717, 1.165) is 36.1 Å². The summed E-state index contributed by atoms with van der Waals surface area (Å²) in [4.78, 5) is 12.0. The van der Waals surface area contributed by atoms with E-state index in [1.807, 2.05) is 43.3 Å². The number of halogens is 2. The molecule has 0 fully saturated rings. The van der Waals surface area contributed by atoms with Gasteiger partial charge in [-0.1, -0.05) is 54.1 Å². The Morgan fingerprint density at radius 1 is 1.04 bits per heavy atom. The van der Waals surface area contributed by atoms with E-state index in [1.165, 1.54) is 5.48 Å². The van der Waals surface area contributed by atoms with E-state index < -0.39 is 23.5 Å². The van der Waals surface area contributed by atoms with Crippen LogP contribution < -0.4 is 10.8 Å². The zero-order valence-corrected chi connectivity index (χ0v) is 15.5. The minimum Gasteiger partial charge on any atom is -0.382 e. The first-order valence-electron chi connectivity index (χ1n) is 8.48. The minimum absolute atomic E-state index is 0.0426. The van der Waals surface area contributed by atoms with Crippen LogP contribution in [0.15, 0.2) is 48.5 Å². The number of amides is 1. The van der Waals surface area contributed by atoms with Gasteiger partial charge in [-0.05, 0) is 37.5 Å². The molecule has 5 nitrogen and oxygen atoms in total. The van der Waals surface area contributed by atoms with Crippen LogP contribution in [-0.2, 0) is 11.3 Å². The molecule has 0 aliphatic rings. The molecule has 1 amide bonds. The van der Waals surface area contributed by atoms with Crippen molar-refractivity contribution in [2.75, 3.05) is 0 Å². The maximum atomic E-state index is 13.2. The fourth-order valence-electron chi connectivity index (χ4n) is 2.66. The molecule has 2 rings (SSSR count). The predicted octanol–water partition coefficient (Wildman–Crippen LogP) is 3.03. The largest absolute Gasteiger partial charge is 0.382 e. The van der Waals surface area contributed by atoms with Gasteiger partial charge in [0.05, 0.1) is 0 Å². The number of carbonyl (C=O) groups is 1. The second kappa shape index (κ2) is 8.12. The van der Waals surface area contributed by atoms with Gasteiger partial charge in [-0.25, -0.2) is 14.3 Å². The van der Waals surface area contributed by atoms with Gasteiger partial charge < -0.3 is 5.11 Å². The average Bonchev–Trinajstić information content (AvgIpc) is 2.66. The Kier molecular flexibility index (Phi) is 6.30. The number of hydrogen-bond acceptors (Lipinski definition) is 4. The van der Waals surface area contributed by atoms with Gasteiger partial charge in [0.1, 0.15) is 11.1 Å². The maximum absolute atomic E-state index is 13.2. The maximum Gasteiger partial charge on any atom is 0.268 e. The molecule has 0 aromatic heterocycles. The Hall–Kier alpha value is -2.35. The lowest BCUT2D eigenvalue weighted by Gasteiger charge is -2.40. The highest BCUT2D eigenvalue weighted by Crippen LogP contribution is 2.29. The molecule has 2 atom stereocenters. The van der Waals surface area contributed by atoms with Gasteiger partial charge in [0, 0.05) is 6.54 Å². The molecule has 4 N–H and O–H groups in total. The number of hydroxylamine groups is 1. The third-order valence-corrected chi connectivity index (χ3v) is 4.98. The zero-order valence-electron chi connectivity index (χ0n) is 15.5. The number of aliphatic hydroxyl groups is 1. The third kappa shape index (κ3) is 4.32. The molecule has 0 heterocycles. The summed E-state index contributed by atoms with van der Waals surface area (Å²) in [5.41, 5.74) is 0.475. The van der Waals surface area contributed by atoms with Crippen LogP contribution in [0.4, 0.5) is 8.78 Å². The van der Waals surface area contributed by atoms with Crippen molar-refractivity contribution in [3.63, 3.8) is 0 Å². The van der Waals surface area contributed by atoms with E-state index in [4.69, 9.17) is 5.21 Å². The topological polar surface area (TPSA) is 81.6 Å². The molecule has 2 aromatic rings. The average molecular weight is 378 g/mol. The fourth-order valence-corrected chi connectivity index (χ4v) is 2.66. The standard InChI is InChI=1S/C20H24F2N2O3/c1-13-4-8-15(9-5-13)16-10-6-14(7-11-16)12-23-19(2,18(25)24-27)20(3,26)17(21)22/h4-11,17,23,26-27H,12H2,1-3H3,(H,24,25). The monoisotopic (exact) mass is 378 g/mol. The SMILES string of the molecule is Cc1ccc(-c2ccc(CNC(C)(C(=O)NO)C(C)(O)C(F)F)cc2)cc1. The van der Waals surface area contributed by atoms with Crippen molar-refractivity contribution in [1.82, 2.24) is 10.8 Å². The van der Waals surface area contributed by atoms with Crippen molar-refractivity contribution in [3.8, 4) is 11.1 Å². The summed E-state index contributed by atoms with van der Waals surface area (Å²) in [5.74, 6) is -1.15. The Labute approximate surface area is 157 Å². The first-order chi connectivity index (χ1) is 12.6. The molecule has 0 saturated carbocycles. The van der Waals surface area contributed by atoms with Crippen molar-refractivity contribution in [3.05, 3.63) is 59.7 Å². The molecule has 0 aliphatic heterocycles. The number of rotatable bonds is 7. The van der Waals surface area contributed by atoms with Crippen LogP contribution in [0.25, 0.3) is 11.1 Å². The molecule has 2 unspecified atom stereocenters. The Morgan fingerprint density at radius 3 is 1.96 bits per heavy atom. The lowest BCUT2D eigenvalue weighted by atomic mass is 9.81. The quantitative estimate of drug-likeness (QED) is 0.441. The molecule has 0 spiro atoms. The molecular formula is C20H24F2N2O3. The Bertz CT molecular complexity index is 777. The van der Waals surface area contributed by atoms with Crippen molar-refractivity contribution in [2.24, 2.45) is 0 Å². The van der Waals surface area contributed by atoms with Crippen LogP contribution >= 0.6 is 0 Å². The van der Waals surface area contributed by atoms with Crippen LogP contribution in [0.2, 0.25) is 0 Å². The summed E-state index contributed by atoms with van der Waals surface area (Å²) in [7, 11) is 0. The van der Waals surface area contributed by atoms with Crippen molar-refractivity contribution < 1.29 is 23.9 Å². The zero-order chi connectivity index (χ0) is 20.2. The highest BCUT2D eigenvalue weighted by atomic mass is 19.3. The lowest BCUT2D eigenvalue weighted by Crippen LogP contribution is -2.69. The summed E-state index contributed by atoms with van der Waals surface area (Å²) in [6, 6.07) is 15.4. The summed E-state index contributed by atoms with van der Waals surface area (Å²) >= 11 is 0. The summed E-state index contributed by atoms with van der Waals surface area (Å²) in [6.07, 6.45) is -3.20. The number of alkyl halides is 2. The van der Waals surface area contributed by atoms with Gasteiger partial charge in [0.25, 0.3) is 12.3 Å². The van der Waals surface area contributed by atoms with Crippen molar-refractivity contribution in [1.29, 1.82) is 0 Å². The summed E-state index contributed by atoms with van der Waals surface area (Å²) in [6.45, 7) is 4.01. The lowest BCUT2D eigenvalue weighted by molar-refractivity contribution is -0.167. The molecule has 0 radical (unpaired) electrons. The number of hydrogen-bond donors (Lipinski definition) is 4. The van der Waals surface area contributed by atoms with Crippen LogP contribution in [0.5, 0.6) is 0 Å². The van der Waals surface area contributed by atoms with Gasteiger partial charge >= 0.3 is 0 Å². The van der Waals surface area contributed by atoms with E-state index in [2.05, 4.69) is 5.32 Å². The first kappa shape index (κ1) is 21.0. The highest BCUT2D eigenvalue weighted by Gasteiger charge is 2.54. The van der Waals surface area contributed by atoms with Crippen LogP contribution in [0.1, 0.15) is 25.0 Å². The molecule has 0 aliphatic carbocycles. The van der Waals surface area contributed by atoms with Crippen molar-refractivity contribution in [2.45, 2.75) is 44.9 Å². The van der Waals surface area contributed by atoms with Crippen LogP contribution in [0, 0.1) is 6.92 Å². The summed E-state index contributed by atoms with van der Waals surface area (Å²) < 4.78 is 26.5. The molecule has 146 valence electrons. The normalized spacial score (nSPS) is 15.9. The van der Waals surface area contributed by atoms with E-state index in [1.54, 1.807) is 12.1 Å². The molecule has 27 heavy (non-hydrogen) atoms. The molecular weight excluding hydrogens is 354 g/mol. The number of nitrogens with one attached hydrogen (secondary N) is 2. The summed E-state index contributed by atoms with van der Waals surface area (Å²) in [5, 5.41) is 21.7. The molecule has 0 bridgehead atoms. The second-order valence-electron chi connectivity index (χ2n) is 6.93. The number of aryl methyl sites for hydroxylation is 1. The third-order valence-electron chi connectivity index (χ3n) is 4.98. The van der Waals surface area contributed by atoms with Crippen LogP contribution in [0.3, 0.4) is 0 Å². The Balaban J connectivity index is 2.18. The fraction of sp³-hybridized carbons (Fsp3) is 0.350. The minimum atomic E-state index is -3.20. The van der Waals surface area contributed by atoms with Gasteiger partial charge in [-0.2, -0.15) is 0 Å². The van der Waals surface area contributed by atoms with E-state index in [9.17, 15) is 18.7 Å². The van der Waals surface area contributed by atoms with E-state index in [-0.39, 0.29) is 6.54 Å². The van der Waals surface area contributed by atoms with Gasteiger partial charge in [0.2, 0.25) is 0 Å². The highest BCUT2D eigenvalue weighted by molar-refractivity contribution is 5.86. The van der Waals surface area contributed by atoms with E-state index >= 15 is 0 Å². The smallest absolute Gasteiger partial charge is 0.268 e. The Morgan fingerprint density at radius 2 is 1.52 bits per heavy atom. The van der Waals surface area contributed by atoms with Gasteiger partial charge in [-0.15, -0.1) is 0 Å². The molecule has 0 saturated heterocycles. The number of carbonyl (C=O) groups excluding carboxylic acids is 1. The first-order valence-corrected chi connectivity index (χ1v) is 8.48. The number of benzene rings is 2. The van der Waals surface area contributed by atoms with E-state index in [0.29, 0.717) is 0 Å². The van der Waals surface area contributed by atoms with Crippen LogP contribution in [-0.4, -0.2) is 33.8 Å². The molecule has 2 aromatic carbocycles. The predicted molar refractivity (Wildman–Crippen MR) is 98.4 cm³/mol. The van der Waals surface area contributed by atoms with Crippen molar-refractivity contribution >= 4 is 5.91 Å². The van der Waals surface area contributed by atoms with Gasteiger partial charge in [-0.3, -0.25) is 15.3 Å². The van der Waals surface area contributed by atoms with Gasteiger partial charge in [0.15, 0.2) is 0 Å². The second-order valence-corrected chi connectivity index (χ2v) is 6.93. The molecule has 7 heteroatoms.